The first-order valence-corrected chi connectivity index (χ1v) is 4.42. The van der Waals surface area contributed by atoms with Crippen LogP contribution in [0.25, 0.3) is 0 Å². The van der Waals surface area contributed by atoms with Crippen molar-refractivity contribution < 1.29 is 0 Å². The minimum absolute atomic E-state index is 0.481. The Kier molecular flexibility index (Phi) is 4.15. The van der Waals surface area contributed by atoms with Gasteiger partial charge in [0.25, 0.3) is 0 Å². The first-order valence-electron chi connectivity index (χ1n) is 4.42. The number of nitrogens with one attached hydrogen (secondary N) is 1. The largest absolute Gasteiger partial charge is 0.301 e. The molecule has 1 aliphatic rings. The van der Waals surface area contributed by atoms with Crippen LogP contribution in [-0.2, 0) is 0 Å². The normalized spacial score (nSPS) is 26.0. The minimum Gasteiger partial charge on any atom is -0.301 e. The molecule has 0 amide bonds. The predicted molar refractivity (Wildman–Crippen MR) is 62.6 cm³/mol. The van der Waals surface area contributed by atoms with Crippen LogP contribution in [0.1, 0.15) is 0 Å². The van der Waals surface area contributed by atoms with Crippen LogP contribution in [0, 0.1) is 5.41 Å². The Morgan fingerprint density at radius 3 is 1.79 bits per heavy atom. The summed E-state index contributed by atoms with van der Waals surface area (Å²) in [4.78, 5) is 0. The van der Waals surface area contributed by atoms with Gasteiger partial charge >= 0.3 is 0 Å². The molecular formula is C13H13N. The van der Waals surface area contributed by atoms with Crippen molar-refractivity contribution in [3.05, 3.63) is 72.9 Å². The number of rotatable bonds is 0. The molecule has 0 aromatic rings. The molecule has 0 heterocycles. The molecule has 1 N–H and O–H groups in total. The van der Waals surface area contributed by atoms with Crippen LogP contribution in [0.4, 0.5) is 0 Å². The van der Waals surface area contributed by atoms with Gasteiger partial charge in [-0.1, -0.05) is 55.2 Å². The van der Waals surface area contributed by atoms with E-state index in [0.717, 1.165) is 5.57 Å². The standard InChI is InChI=1S/C13H13N/c1-12-8-4-2-3-5-10-13(14)11-7-6-9-12/h2-11,14H,1H2/b3-2-,8-4-,9-6-,10-5?,11-7-,14-13?. The van der Waals surface area contributed by atoms with Crippen molar-refractivity contribution in [2.75, 3.05) is 0 Å². The van der Waals surface area contributed by atoms with Crippen molar-refractivity contribution in [1.82, 2.24) is 0 Å². The summed E-state index contributed by atoms with van der Waals surface area (Å²) in [6.45, 7) is 3.85. The zero-order chi connectivity index (χ0) is 10.2. The molecule has 0 unspecified atom stereocenters. The maximum atomic E-state index is 7.49. The molecule has 1 nitrogen and oxygen atoms in total. The molecule has 0 spiro atoms. The molecule has 0 saturated carbocycles. The maximum absolute atomic E-state index is 7.49. The average Bonchev–Trinajstić information content (AvgIpc) is 2.16. The molecule has 0 fully saturated rings. The molecule has 1 aliphatic carbocycles. The summed E-state index contributed by atoms with van der Waals surface area (Å²) in [5.74, 6) is 0. The van der Waals surface area contributed by atoms with E-state index in [-0.39, 0.29) is 0 Å². The van der Waals surface area contributed by atoms with Gasteiger partial charge in [-0.2, -0.15) is 0 Å². The molecule has 0 bridgehead atoms. The fourth-order valence-corrected chi connectivity index (χ4v) is 0.916. The number of hydrogen-bond acceptors (Lipinski definition) is 1. The predicted octanol–water partition coefficient (Wildman–Crippen LogP) is 3.36. The van der Waals surface area contributed by atoms with Crippen LogP contribution in [0.15, 0.2) is 72.9 Å². The van der Waals surface area contributed by atoms with Crippen molar-refractivity contribution in [2.45, 2.75) is 0 Å². The fourth-order valence-electron chi connectivity index (χ4n) is 0.916. The molecule has 0 aromatic heterocycles. The van der Waals surface area contributed by atoms with Crippen LogP contribution in [0.2, 0.25) is 0 Å². The Morgan fingerprint density at radius 1 is 0.714 bits per heavy atom. The van der Waals surface area contributed by atoms with E-state index < -0.39 is 0 Å². The third-order valence-electron chi connectivity index (χ3n) is 1.62. The van der Waals surface area contributed by atoms with Crippen molar-refractivity contribution in [3.8, 4) is 0 Å². The average molecular weight is 183 g/mol. The highest BCUT2D eigenvalue weighted by Crippen LogP contribution is 1.97. The molecule has 1 rings (SSSR count). The van der Waals surface area contributed by atoms with E-state index in [1.54, 1.807) is 12.2 Å². The molecule has 0 radical (unpaired) electrons. The maximum Gasteiger partial charge on any atom is 0.0539 e. The van der Waals surface area contributed by atoms with Gasteiger partial charge in [0.05, 0.1) is 5.71 Å². The monoisotopic (exact) mass is 183 g/mol. The van der Waals surface area contributed by atoms with Crippen molar-refractivity contribution in [3.63, 3.8) is 0 Å². The zero-order valence-electron chi connectivity index (χ0n) is 7.98. The molecule has 0 aliphatic heterocycles. The summed E-state index contributed by atoms with van der Waals surface area (Å²) in [7, 11) is 0. The van der Waals surface area contributed by atoms with E-state index >= 15 is 0 Å². The van der Waals surface area contributed by atoms with Crippen molar-refractivity contribution in [2.24, 2.45) is 0 Å². The van der Waals surface area contributed by atoms with Crippen LogP contribution in [0.3, 0.4) is 0 Å². The van der Waals surface area contributed by atoms with Crippen LogP contribution < -0.4 is 0 Å². The quantitative estimate of drug-likeness (QED) is 0.595. The highest BCUT2D eigenvalue weighted by molar-refractivity contribution is 6.01. The van der Waals surface area contributed by atoms with Crippen LogP contribution in [0.5, 0.6) is 0 Å². The number of hydrogen-bond donors (Lipinski definition) is 1. The molecule has 14 heavy (non-hydrogen) atoms. The van der Waals surface area contributed by atoms with Gasteiger partial charge in [0, 0.05) is 0 Å². The van der Waals surface area contributed by atoms with E-state index in [1.807, 2.05) is 48.6 Å². The Balaban J connectivity index is 2.86. The van der Waals surface area contributed by atoms with Crippen LogP contribution >= 0.6 is 0 Å². The number of allylic oxidation sites excluding steroid dienone is 11. The Bertz CT molecular complexity index is 327. The summed E-state index contributed by atoms with van der Waals surface area (Å²) in [5, 5.41) is 7.49. The fraction of sp³-hybridized carbons (Fsp3) is 0. The lowest BCUT2D eigenvalue weighted by Gasteiger charge is -1.88. The van der Waals surface area contributed by atoms with Gasteiger partial charge in [-0.25, -0.2) is 0 Å². The van der Waals surface area contributed by atoms with Crippen molar-refractivity contribution >= 4 is 5.71 Å². The van der Waals surface area contributed by atoms with E-state index in [4.69, 9.17) is 5.41 Å². The van der Waals surface area contributed by atoms with E-state index in [2.05, 4.69) is 6.58 Å². The van der Waals surface area contributed by atoms with E-state index in [0.29, 0.717) is 5.71 Å². The third kappa shape index (κ3) is 4.21. The van der Waals surface area contributed by atoms with Gasteiger partial charge in [-0.05, 0) is 17.7 Å². The second-order valence-electron chi connectivity index (χ2n) is 2.85. The van der Waals surface area contributed by atoms with Gasteiger partial charge in [0.15, 0.2) is 0 Å². The highest BCUT2D eigenvalue weighted by Gasteiger charge is 1.81. The summed E-state index contributed by atoms with van der Waals surface area (Å²) in [6.07, 6.45) is 18.6. The SMILES string of the molecule is C=C1/C=C\C=C/C=CC(=N)/C=C\C=C/1. The third-order valence-corrected chi connectivity index (χ3v) is 1.62. The summed E-state index contributed by atoms with van der Waals surface area (Å²) < 4.78 is 0. The zero-order valence-corrected chi connectivity index (χ0v) is 7.98. The van der Waals surface area contributed by atoms with Gasteiger partial charge in [0.2, 0.25) is 0 Å². The molecular weight excluding hydrogens is 170 g/mol. The van der Waals surface area contributed by atoms with E-state index in [1.165, 1.54) is 0 Å². The Hall–Kier alpha value is -1.89. The second-order valence-corrected chi connectivity index (χ2v) is 2.85. The van der Waals surface area contributed by atoms with Crippen molar-refractivity contribution in [1.29, 1.82) is 5.41 Å². The molecule has 0 saturated heterocycles. The molecule has 1 heteroatoms. The first kappa shape index (κ1) is 10.2. The highest BCUT2D eigenvalue weighted by atomic mass is 14.4. The second kappa shape index (κ2) is 5.70. The lowest BCUT2D eigenvalue weighted by Crippen LogP contribution is -1.81. The molecule has 70 valence electrons. The molecule has 0 aromatic carbocycles. The van der Waals surface area contributed by atoms with Crippen LogP contribution in [-0.4, -0.2) is 5.71 Å². The van der Waals surface area contributed by atoms with Gasteiger partial charge in [0.1, 0.15) is 0 Å². The summed E-state index contributed by atoms with van der Waals surface area (Å²) >= 11 is 0. The van der Waals surface area contributed by atoms with Gasteiger partial charge < -0.3 is 5.41 Å². The first-order chi connectivity index (χ1) is 6.79. The topological polar surface area (TPSA) is 23.9 Å². The smallest absolute Gasteiger partial charge is 0.0539 e. The summed E-state index contributed by atoms with van der Waals surface area (Å²) in [6, 6.07) is 0. The van der Waals surface area contributed by atoms with E-state index in [9.17, 15) is 0 Å². The Labute approximate surface area is 84.7 Å². The lowest BCUT2D eigenvalue weighted by atomic mass is 10.2. The van der Waals surface area contributed by atoms with Gasteiger partial charge in [-0.15, -0.1) is 0 Å². The van der Waals surface area contributed by atoms with Gasteiger partial charge in [-0.3, -0.25) is 0 Å². The summed E-state index contributed by atoms with van der Waals surface area (Å²) in [5.41, 5.74) is 1.42. The Morgan fingerprint density at radius 2 is 1.14 bits per heavy atom. The lowest BCUT2D eigenvalue weighted by molar-refractivity contribution is 1.53. The minimum atomic E-state index is 0.481. The molecule has 0 atom stereocenters.